The molecule has 0 heterocycles. The van der Waals surface area contributed by atoms with Crippen molar-refractivity contribution in [2.24, 2.45) is 5.18 Å². The van der Waals surface area contributed by atoms with Gasteiger partial charge < -0.3 is 0 Å². The largest absolute Gasteiger partial charge is 0.145 e. The van der Waals surface area contributed by atoms with Crippen molar-refractivity contribution in [3.8, 4) is 0 Å². The highest BCUT2D eigenvalue weighted by atomic mass is 79.9. The first kappa shape index (κ1) is 11.3. The number of benzene rings is 1. The van der Waals surface area contributed by atoms with Crippen LogP contribution >= 0.6 is 47.8 Å². The van der Waals surface area contributed by atoms with Crippen LogP contribution in [0.4, 0.5) is 5.69 Å². The van der Waals surface area contributed by atoms with E-state index in [1.165, 1.54) is 0 Å². The van der Waals surface area contributed by atoms with Gasteiger partial charge in [-0.05, 0) is 28.4 Å². The predicted molar refractivity (Wildman–Crippen MR) is 64.9 cm³/mol. The molecule has 5 heteroatoms. The molecule has 0 atom stereocenters. The SMILES string of the molecule is O=Nc1cc(Br)c(CBr)c(CBr)c1. The Morgan fingerprint density at radius 3 is 2.38 bits per heavy atom. The summed E-state index contributed by atoms with van der Waals surface area (Å²) < 4.78 is 0.913. The Balaban J connectivity index is 3.28. The van der Waals surface area contributed by atoms with Gasteiger partial charge in [0.25, 0.3) is 0 Å². The zero-order valence-electron chi connectivity index (χ0n) is 6.56. The first-order valence-electron chi connectivity index (χ1n) is 3.49. The van der Waals surface area contributed by atoms with Gasteiger partial charge in [0.2, 0.25) is 0 Å². The monoisotopic (exact) mass is 369 g/mol. The summed E-state index contributed by atoms with van der Waals surface area (Å²) in [6, 6.07) is 3.50. The number of nitroso groups, excluding NO2 is 1. The molecular weight excluding hydrogens is 366 g/mol. The third-order valence-corrected chi connectivity index (χ3v) is 3.53. The van der Waals surface area contributed by atoms with Gasteiger partial charge in [-0.1, -0.05) is 47.8 Å². The van der Waals surface area contributed by atoms with Crippen molar-refractivity contribution in [3.63, 3.8) is 0 Å². The molecule has 0 aromatic heterocycles. The number of hydrogen-bond donors (Lipinski definition) is 0. The summed E-state index contributed by atoms with van der Waals surface area (Å²) in [4.78, 5) is 10.3. The van der Waals surface area contributed by atoms with Crippen molar-refractivity contribution in [2.75, 3.05) is 0 Å². The second-order valence-corrected chi connectivity index (χ2v) is 4.40. The van der Waals surface area contributed by atoms with Crippen LogP contribution in [0.5, 0.6) is 0 Å². The van der Waals surface area contributed by atoms with E-state index in [1.807, 2.05) is 0 Å². The van der Waals surface area contributed by atoms with Gasteiger partial charge in [0.15, 0.2) is 0 Å². The molecule has 70 valence electrons. The molecule has 0 saturated carbocycles. The van der Waals surface area contributed by atoms with Crippen LogP contribution in [-0.4, -0.2) is 0 Å². The minimum atomic E-state index is 0.450. The quantitative estimate of drug-likeness (QED) is 0.562. The molecule has 0 unspecified atom stereocenters. The summed E-state index contributed by atoms with van der Waals surface area (Å²) in [5.41, 5.74) is 2.66. The molecule has 0 bridgehead atoms. The van der Waals surface area contributed by atoms with Crippen LogP contribution in [0.15, 0.2) is 21.8 Å². The lowest BCUT2D eigenvalue weighted by Gasteiger charge is -2.06. The summed E-state index contributed by atoms with van der Waals surface area (Å²) >= 11 is 10.1. The molecule has 0 saturated heterocycles. The zero-order valence-corrected chi connectivity index (χ0v) is 11.3. The second-order valence-electron chi connectivity index (χ2n) is 2.42. The number of rotatable bonds is 3. The third-order valence-electron chi connectivity index (χ3n) is 1.66. The fourth-order valence-electron chi connectivity index (χ4n) is 0.999. The summed E-state index contributed by atoms with van der Waals surface area (Å²) in [5, 5.41) is 4.38. The van der Waals surface area contributed by atoms with E-state index in [9.17, 15) is 4.91 Å². The van der Waals surface area contributed by atoms with E-state index < -0.39 is 0 Å². The Morgan fingerprint density at radius 2 is 1.92 bits per heavy atom. The molecule has 0 aliphatic heterocycles. The lowest BCUT2D eigenvalue weighted by atomic mass is 10.1. The van der Waals surface area contributed by atoms with Gasteiger partial charge in [0.1, 0.15) is 5.69 Å². The lowest BCUT2D eigenvalue weighted by molar-refractivity contribution is 1.27. The molecule has 1 aromatic rings. The summed E-state index contributed by atoms with van der Waals surface area (Å²) in [7, 11) is 0. The molecular formula is C8H6Br3NO. The number of halogens is 3. The Hall–Kier alpha value is 0.260. The molecule has 1 rings (SSSR count). The van der Waals surface area contributed by atoms with Crippen LogP contribution in [0, 0.1) is 4.91 Å². The number of alkyl halides is 2. The van der Waals surface area contributed by atoms with Crippen molar-refractivity contribution in [3.05, 3.63) is 32.6 Å². The second kappa shape index (κ2) is 5.22. The minimum Gasteiger partial charge on any atom is -0.145 e. The van der Waals surface area contributed by atoms with Crippen LogP contribution in [0.3, 0.4) is 0 Å². The van der Waals surface area contributed by atoms with Crippen LogP contribution in [0.1, 0.15) is 11.1 Å². The van der Waals surface area contributed by atoms with Crippen molar-refractivity contribution in [2.45, 2.75) is 10.7 Å². The molecule has 0 fully saturated rings. The Kier molecular flexibility index (Phi) is 4.55. The standard InChI is InChI=1S/C8H6Br3NO/c9-3-5-1-6(12-13)2-8(11)7(5)4-10/h1-2H,3-4H2. The van der Waals surface area contributed by atoms with Gasteiger partial charge in [-0.25, -0.2) is 0 Å². The Morgan fingerprint density at radius 1 is 1.23 bits per heavy atom. The third kappa shape index (κ3) is 2.60. The minimum absolute atomic E-state index is 0.450. The highest BCUT2D eigenvalue weighted by molar-refractivity contribution is 9.10. The zero-order chi connectivity index (χ0) is 9.84. The maximum atomic E-state index is 10.3. The van der Waals surface area contributed by atoms with Gasteiger partial charge in [-0.2, -0.15) is 0 Å². The normalized spacial score (nSPS) is 10.1. The van der Waals surface area contributed by atoms with Crippen molar-refractivity contribution >= 4 is 53.5 Å². The van der Waals surface area contributed by atoms with E-state index in [1.54, 1.807) is 12.1 Å². The van der Waals surface area contributed by atoms with E-state index in [-0.39, 0.29) is 0 Å². The van der Waals surface area contributed by atoms with Crippen LogP contribution in [0.2, 0.25) is 0 Å². The summed E-state index contributed by atoms with van der Waals surface area (Å²) in [6.45, 7) is 0. The molecule has 1 aromatic carbocycles. The fraction of sp³-hybridized carbons (Fsp3) is 0.250. The van der Waals surface area contributed by atoms with Crippen molar-refractivity contribution < 1.29 is 0 Å². The lowest BCUT2D eigenvalue weighted by Crippen LogP contribution is -1.89. The van der Waals surface area contributed by atoms with Gasteiger partial charge in [0, 0.05) is 15.1 Å². The highest BCUT2D eigenvalue weighted by Gasteiger charge is 2.07. The summed E-state index contributed by atoms with van der Waals surface area (Å²) in [6.07, 6.45) is 0. The smallest absolute Gasteiger partial charge is 0.109 e. The van der Waals surface area contributed by atoms with Gasteiger partial charge >= 0.3 is 0 Å². The molecule has 0 spiro atoms. The number of hydrogen-bond acceptors (Lipinski definition) is 2. The van der Waals surface area contributed by atoms with E-state index in [4.69, 9.17) is 0 Å². The fourth-order valence-corrected chi connectivity index (χ4v) is 3.17. The first-order valence-corrected chi connectivity index (χ1v) is 6.53. The molecule has 2 nitrogen and oxygen atoms in total. The molecule has 0 aliphatic rings. The van der Waals surface area contributed by atoms with Crippen LogP contribution in [0.25, 0.3) is 0 Å². The Bertz CT molecular complexity index is 327. The van der Waals surface area contributed by atoms with Crippen molar-refractivity contribution in [1.29, 1.82) is 0 Å². The maximum Gasteiger partial charge on any atom is 0.109 e. The molecule has 0 amide bonds. The summed E-state index contributed by atoms with van der Waals surface area (Å²) in [5.74, 6) is 0. The van der Waals surface area contributed by atoms with Crippen LogP contribution in [-0.2, 0) is 10.7 Å². The van der Waals surface area contributed by atoms with Gasteiger partial charge in [0.05, 0.1) is 0 Å². The molecule has 13 heavy (non-hydrogen) atoms. The Labute approximate surface area is 101 Å². The van der Waals surface area contributed by atoms with E-state index in [0.717, 1.165) is 26.3 Å². The van der Waals surface area contributed by atoms with E-state index >= 15 is 0 Å². The van der Waals surface area contributed by atoms with Gasteiger partial charge in [-0.15, -0.1) is 4.91 Å². The van der Waals surface area contributed by atoms with Gasteiger partial charge in [-0.3, -0.25) is 0 Å². The topological polar surface area (TPSA) is 29.4 Å². The average Bonchev–Trinajstić information content (AvgIpc) is 2.16. The average molecular weight is 372 g/mol. The van der Waals surface area contributed by atoms with Crippen molar-refractivity contribution in [1.82, 2.24) is 0 Å². The molecule has 0 N–H and O–H groups in total. The van der Waals surface area contributed by atoms with E-state index in [2.05, 4.69) is 53.0 Å². The molecule has 0 aliphatic carbocycles. The number of nitrogens with zero attached hydrogens (tertiary/aromatic N) is 1. The van der Waals surface area contributed by atoms with E-state index in [0.29, 0.717) is 5.69 Å². The van der Waals surface area contributed by atoms with Crippen LogP contribution < -0.4 is 0 Å². The first-order chi connectivity index (χ1) is 6.22. The molecule has 0 radical (unpaired) electrons. The predicted octanol–water partition coefficient (Wildman–Crippen LogP) is 4.64. The highest BCUT2D eigenvalue weighted by Crippen LogP contribution is 2.30. The maximum absolute atomic E-state index is 10.3.